The van der Waals surface area contributed by atoms with Crippen LogP contribution >= 0.6 is 0 Å². The van der Waals surface area contributed by atoms with E-state index in [9.17, 15) is 40.5 Å². The summed E-state index contributed by atoms with van der Waals surface area (Å²) in [5, 5.41) is 72.4. The molecule has 2 rings (SSSR count). The molecule has 7 N–H and O–H groups in total. The Morgan fingerprint density at radius 2 is 0.833 bits per heavy atom. The van der Waals surface area contributed by atoms with Crippen molar-refractivity contribution in [1.82, 2.24) is 0 Å². The van der Waals surface area contributed by atoms with E-state index in [1.807, 2.05) is 0 Å². The summed E-state index contributed by atoms with van der Waals surface area (Å²) in [6.45, 7) is 3.55. The van der Waals surface area contributed by atoms with Crippen LogP contribution in [0.1, 0.15) is 226 Å². The van der Waals surface area contributed by atoms with Crippen molar-refractivity contribution < 1.29 is 69.0 Å². The molecule has 0 amide bonds. The minimum atomic E-state index is -1.71. The van der Waals surface area contributed by atoms with Gasteiger partial charge in [-0.3, -0.25) is 4.79 Å². The molecule has 2 aliphatic rings. The number of allylic oxidation sites excluding steroid dienone is 12. The third kappa shape index (κ3) is 36.0. The van der Waals surface area contributed by atoms with E-state index >= 15 is 0 Å². The third-order valence-corrected chi connectivity index (χ3v) is 14.5. The smallest absolute Gasteiger partial charge is 0.306 e. The second-order valence-corrected chi connectivity index (χ2v) is 21.5. The van der Waals surface area contributed by atoms with E-state index in [4.69, 9.17) is 28.4 Å². The van der Waals surface area contributed by atoms with Crippen molar-refractivity contribution in [1.29, 1.82) is 0 Å². The topological polar surface area (TPSA) is 214 Å². The van der Waals surface area contributed by atoms with Crippen LogP contribution in [0.3, 0.4) is 0 Å². The number of carbonyl (C=O) groups is 1. The van der Waals surface area contributed by atoms with E-state index in [0.29, 0.717) is 13.0 Å². The Bertz CT molecular complexity index is 1560. The molecule has 0 aromatic carbocycles. The van der Waals surface area contributed by atoms with Crippen molar-refractivity contribution in [2.24, 2.45) is 0 Å². The van der Waals surface area contributed by atoms with Crippen molar-refractivity contribution in [2.75, 3.05) is 33.0 Å². The predicted octanol–water partition coefficient (Wildman–Crippen LogP) is 11.8. The Balaban J connectivity index is 1.70. The van der Waals surface area contributed by atoms with Crippen LogP contribution in [0.4, 0.5) is 0 Å². The molecular weight excluding hydrogens is 993 g/mol. The van der Waals surface area contributed by atoms with Crippen LogP contribution in [0.2, 0.25) is 0 Å². The fourth-order valence-corrected chi connectivity index (χ4v) is 9.53. The molecule has 11 atom stereocenters. The molecule has 11 unspecified atom stereocenters. The van der Waals surface area contributed by atoms with Gasteiger partial charge in [0.15, 0.2) is 12.6 Å². The normalized spacial score (nSPS) is 24.6. The highest BCUT2D eigenvalue weighted by Gasteiger charge is 2.47. The molecule has 14 nitrogen and oxygen atoms in total. The lowest BCUT2D eigenvalue weighted by Crippen LogP contribution is -2.61. The molecule has 14 heteroatoms. The first-order valence-corrected chi connectivity index (χ1v) is 31.0. The standard InChI is InChI=1S/C64H112O14/c1-3-5-7-9-11-13-15-17-19-21-23-25-26-27-28-30-32-34-36-38-40-42-44-46-48-73-50-53(76-56(66)47-45-43-41-39-37-35-33-31-29-24-22-20-18-16-14-12-10-8-6-4-2)51-74-63-62(72)60(70)58(68)55(78-63)52-75-64-61(71)59(69)57(67)54(49-65)77-64/h5,7,11,13,17,19,23,25,27-28,32,34,53-55,57-65,67-72H,3-4,6,8-10,12,14-16,18,20-22,24,26,29-31,33,35-52H2,1-2H3/b7-5-,13-11-,19-17-,25-23-,28-27-,34-32-. The van der Waals surface area contributed by atoms with Crippen LogP contribution < -0.4 is 0 Å². The van der Waals surface area contributed by atoms with Gasteiger partial charge in [-0.25, -0.2) is 0 Å². The van der Waals surface area contributed by atoms with Gasteiger partial charge < -0.3 is 64.2 Å². The maximum absolute atomic E-state index is 13.1. The molecule has 78 heavy (non-hydrogen) atoms. The fraction of sp³-hybridized carbons (Fsp3) is 0.797. The maximum Gasteiger partial charge on any atom is 0.306 e. The van der Waals surface area contributed by atoms with Gasteiger partial charge >= 0.3 is 5.97 Å². The lowest BCUT2D eigenvalue weighted by molar-refractivity contribution is -0.332. The van der Waals surface area contributed by atoms with Crippen molar-refractivity contribution in [3.63, 3.8) is 0 Å². The van der Waals surface area contributed by atoms with Crippen molar-refractivity contribution in [3.8, 4) is 0 Å². The van der Waals surface area contributed by atoms with E-state index in [-0.39, 0.29) is 25.6 Å². The summed E-state index contributed by atoms with van der Waals surface area (Å²) in [6.07, 6.45) is 48.2. The van der Waals surface area contributed by atoms with Gasteiger partial charge in [0.25, 0.3) is 0 Å². The zero-order valence-corrected chi connectivity index (χ0v) is 48.6. The van der Waals surface area contributed by atoms with Gasteiger partial charge in [-0.05, 0) is 64.2 Å². The van der Waals surface area contributed by atoms with E-state index in [1.165, 1.54) is 103 Å². The fourth-order valence-electron chi connectivity index (χ4n) is 9.53. The molecule has 2 heterocycles. The minimum absolute atomic E-state index is 0.0469. The second kappa shape index (κ2) is 50.2. The first kappa shape index (κ1) is 71.5. The van der Waals surface area contributed by atoms with Gasteiger partial charge in [0.2, 0.25) is 0 Å². The molecule has 2 saturated heterocycles. The van der Waals surface area contributed by atoms with Crippen LogP contribution in [-0.4, -0.2) is 142 Å². The van der Waals surface area contributed by atoms with Crippen LogP contribution in [0.15, 0.2) is 72.9 Å². The average molecular weight is 1110 g/mol. The Labute approximate surface area is 472 Å². The Hall–Kier alpha value is -2.57. The van der Waals surface area contributed by atoms with Crippen molar-refractivity contribution in [2.45, 2.75) is 293 Å². The van der Waals surface area contributed by atoms with Gasteiger partial charge in [-0.2, -0.15) is 0 Å². The predicted molar refractivity (Wildman–Crippen MR) is 312 cm³/mol. The average Bonchev–Trinajstić information content (AvgIpc) is 3.45. The van der Waals surface area contributed by atoms with E-state index < -0.39 is 80.7 Å². The van der Waals surface area contributed by atoms with Gasteiger partial charge in [0.1, 0.15) is 54.9 Å². The zero-order chi connectivity index (χ0) is 56.5. The molecule has 0 aromatic rings. The largest absolute Gasteiger partial charge is 0.457 e. The Morgan fingerprint density at radius 1 is 0.436 bits per heavy atom. The molecule has 0 saturated carbocycles. The van der Waals surface area contributed by atoms with E-state index in [2.05, 4.69) is 86.8 Å². The Morgan fingerprint density at radius 3 is 1.31 bits per heavy atom. The summed E-state index contributed by atoms with van der Waals surface area (Å²) in [6, 6.07) is 0. The number of hydrogen-bond donors (Lipinski definition) is 7. The highest BCUT2D eigenvalue weighted by molar-refractivity contribution is 5.69. The van der Waals surface area contributed by atoms with E-state index in [0.717, 1.165) is 96.3 Å². The van der Waals surface area contributed by atoms with Gasteiger partial charge in [-0.15, -0.1) is 0 Å². The summed E-state index contributed by atoms with van der Waals surface area (Å²) < 4.78 is 34.4. The van der Waals surface area contributed by atoms with Crippen LogP contribution in [0.25, 0.3) is 0 Å². The Kier molecular flexibility index (Phi) is 46.0. The highest BCUT2D eigenvalue weighted by Crippen LogP contribution is 2.27. The molecule has 0 aliphatic carbocycles. The number of carbonyl (C=O) groups excluding carboxylic acids is 1. The molecule has 0 spiro atoms. The molecule has 452 valence electrons. The van der Waals surface area contributed by atoms with Gasteiger partial charge in [-0.1, -0.05) is 228 Å². The molecule has 0 aromatic heterocycles. The van der Waals surface area contributed by atoms with Crippen molar-refractivity contribution in [3.05, 3.63) is 72.9 Å². The second-order valence-electron chi connectivity index (χ2n) is 21.5. The number of rotatable bonds is 50. The van der Waals surface area contributed by atoms with Crippen LogP contribution in [0, 0.1) is 0 Å². The number of aliphatic hydroxyl groups is 7. The minimum Gasteiger partial charge on any atom is -0.457 e. The number of aliphatic hydroxyl groups excluding tert-OH is 7. The monoisotopic (exact) mass is 1100 g/mol. The number of ether oxygens (including phenoxy) is 6. The van der Waals surface area contributed by atoms with Crippen LogP contribution in [0.5, 0.6) is 0 Å². The summed E-state index contributed by atoms with van der Waals surface area (Å²) in [4.78, 5) is 13.1. The SMILES string of the molecule is CC/C=C\C/C=C\C/C=C\C/C=C\C/C=C\C/C=C\CCCCCCCOCC(COC1OC(COC2OC(CO)C(O)C(O)C2O)C(O)C(O)C1O)OC(=O)CCCCCCCCCCCCCCCCCCCCCC. The molecule has 2 fully saturated rings. The van der Waals surface area contributed by atoms with Gasteiger partial charge in [0, 0.05) is 13.0 Å². The highest BCUT2D eigenvalue weighted by atomic mass is 16.7. The molecule has 0 bridgehead atoms. The lowest BCUT2D eigenvalue weighted by atomic mass is 9.98. The van der Waals surface area contributed by atoms with E-state index in [1.54, 1.807) is 0 Å². The lowest BCUT2D eigenvalue weighted by Gasteiger charge is -2.42. The maximum atomic E-state index is 13.1. The summed E-state index contributed by atoms with van der Waals surface area (Å²) in [5.41, 5.74) is 0. The molecule has 2 aliphatic heterocycles. The van der Waals surface area contributed by atoms with Gasteiger partial charge in [0.05, 0.1) is 26.4 Å². The molecular formula is C64H112O14. The number of unbranched alkanes of at least 4 members (excludes halogenated alkanes) is 24. The quantitative estimate of drug-likeness (QED) is 0.0172. The van der Waals surface area contributed by atoms with Crippen LogP contribution in [-0.2, 0) is 33.2 Å². The number of hydrogen-bond acceptors (Lipinski definition) is 14. The third-order valence-electron chi connectivity index (χ3n) is 14.5. The summed E-state index contributed by atoms with van der Waals surface area (Å²) >= 11 is 0. The van der Waals surface area contributed by atoms with Crippen molar-refractivity contribution >= 4 is 5.97 Å². The molecule has 0 radical (unpaired) electrons. The zero-order valence-electron chi connectivity index (χ0n) is 48.6. The first-order chi connectivity index (χ1) is 38.1. The summed E-state index contributed by atoms with van der Waals surface area (Å²) in [5.74, 6) is -0.382. The summed E-state index contributed by atoms with van der Waals surface area (Å²) in [7, 11) is 0. The first-order valence-electron chi connectivity index (χ1n) is 31.0. The number of esters is 1.